The van der Waals surface area contributed by atoms with E-state index in [2.05, 4.69) is 5.32 Å². The smallest absolute Gasteiger partial charge is 0.416 e. The zero-order valence-corrected chi connectivity index (χ0v) is 10.1. The van der Waals surface area contributed by atoms with Crippen LogP contribution in [-0.4, -0.2) is 24.2 Å². The molecule has 0 aliphatic carbocycles. The fourth-order valence-corrected chi connectivity index (χ4v) is 2.40. The molecule has 19 heavy (non-hydrogen) atoms. The highest BCUT2D eigenvalue weighted by molar-refractivity contribution is 5.76. The lowest BCUT2D eigenvalue weighted by molar-refractivity contribution is -0.147. The Kier molecular flexibility index (Phi) is 3.54. The minimum absolute atomic E-state index is 0.110. The monoisotopic (exact) mass is 273 g/mol. The maximum atomic E-state index is 12.6. The molecule has 0 aromatic heterocycles. The summed E-state index contributed by atoms with van der Waals surface area (Å²) in [5.41, 5.74) is -1.33. The minimum atomic E-state index is -4.40. The van der Waals surface area contributed by atoms with Gasteiger partial charge in [-0.05, 0) is 31.0 Å². The van der Waals surface area contributed by atoms with Crippen molar-refractivity contribution in [2.75, 3.05) is 13.1 Å². The van der Waals surface area contributed by atoms with Crippen LogP contribution >= 0.6 is 0 Å². The lowest BCUT2D eigenvalue weighted by Crippen LogP contribution is -2.35. The number of halogens is 3. The number of carboxylic acids is 1. The molecule has 1 aromatic rings. The standard InChI is InChI=1S/C13H14F3NO2/c14-13(15,16)10-3-1-2-9(6-10)7-12(11(18)19)4-5-17-8-12/h1-3,6,17H,4-5,7-8H2,(H,18,19). The lowest BCUT2D eigenvalue weighted by Gasteiger charge is -2.23. The second-order valence-electron chi connectivity index (χ2n) is 4.89. The molecule has 1 atom stereocenters. The maximum Gasteiger partial charge on any atom is 0.416 e. The number of rotatable bonds is 3. The summed E-state index contributed by atoms with van der Waals surface area (Å²) in [5.74, 6) is -0.963. The van der Waals surface area contributed by atoms with Gasteiger partial charge >= 0.3 is 12.1 Å². The molecular weight excluding hydrogens is 259 g/mol. The number of benzene rings is 1. The number of hydrogen-bond acceptors (Lipinski definition) is 2. The normalized spacial score (nSPS) is 23.5. The first kappa shape index (κ1) is 13.9. The van der Waals surface area contributed by atoms with E-state index in [-0.39, 0.29) is 6.42 Å². The number of nitrogens with one attached hydrogen (secondary N) is 1. The number of hydrogen-bond donors (Lipinski definition) is 2. The molecule has 2 rings (SSSR count). The molecule has 1 aliphatic heterocycles. The Morgan fingerprint density at radius 3 is 2.68 bits per heavy atom. The molecule has 0 bridgehead atoms. The summed E-state index contributed by atoms with van der Waals surface area (Å²) < 4.78 is 37.8. The molecule has 3 nitrogen and oxygen atoms in total. The highest BCUT2D eigenvalue weighted by Crippen LogP contribution is 2.33. The van der Waals surface area contributed by atoms with Gasteiger partial charge in [0.25, 0.3) is 0 Å². The molecule has 0 radical (unpaired) electrons. The van der Waals surface area contributed by atoms with Crippen molar-refractivity contribution >= 4 is 5.97 Å². The van der Waals surface area contributed by atoms with Crippen molar-refractivity contribution < 1.29 is 23.1 Å². The van der Waals surface area contributed by atoms with E-state index < -0.39 is 23.1 Å². The van der Waals surface area contributed by atoms with Gasteiger partial charge in [-0.1, -0.05) is 18.2 Å². The Labute approximate surface area is 108 Å². The van der Waals surface area contributed by atoms with Gasteiger partial charge in [0.05, 0.1) is 11.0 Å². The van der Waals surface area contributed by atoms with Gasteiger partial charge < -0.3 is 10.4 Å². The van der Waals surface area contributed by atoms with Crippen LogP contribution in [0.15, 0.2) is 24.3 Å². The number of alkyl halides is 3. The van der Waals surface area contributed by atoms with Gasteiger partial charge in [-0.25, -0.2) is 0 Å². The van der Waals surface area contributed by atoms with Crippen LogP contribution in [0.2, 0.25) is 0 Å². The number of aliphatic carboxylic acids is 1. The van der Waals surface area contributed by atoms with Gasteiger partial charge in [0, 0.05) is 6.54 Å². The lowest BCUT2D eigenvalue weighted by atomic mass is 9.80. The average Bonchev–Trinajstić information content (AvgIpc) is 2.78. The molecule has 2 N–H and O–H groups in total. The van der Waals surface area contributed by atoms with Crippen LogP contribution in [0, 0.1) is 5.41 Å². The van der Waals surface area contributed by atoms with Crippen LogP contribution < -0.4 is 5.32 Å². The topological polar surface area (TPSA) is 49.3 Å². The zero-order valence-electron chi connectivity index (χ0n) is 10.1. The summed E-state index contributed by atoms with van der Waals surface area (Å²) in [6.07, 6.45) is -3.86. The molecular formula is C13H14F3NO2. The van der Waals surface area contributed by atoms with Crippen molar-refractivity contribution in [2.24, 2.45) is 5.41 Å². The van der Waals surface area contributed by atoms with Crippen molar-refractivity contribution in [3.05, 3.63) is 35.4 Å². The first-order valence-corrected chi connectivity index (χ1v) is 5.94. The minimum Gasteiger partial charge on any atom is -0.481 e. The summed E-state index contributed by atoms with van der Waals surface area (Å²) in [4.78, 5) is 11.3. The fourth-order valence-electron chi connectivity index (χ4n) is 2.40. The van der Waals surface area contributed by atoms with Crippen molar-refractivity contribution in [2.45, 2.75) is 19.0 Å². The Morgan fingerprint density at radius 1 is 1.42 bits per heavy atom. The predicted molar refractivity (Wildman–Crippen MR) is 62.7 cm³/mol. The van der Waals surface area contributed by atoms with E-state index in [1.165, 1.54) is 12.1 Å². The quantitative estimate of drug-likeness (QED) is 0.888. The molecule has 1 aliphatic rings. The maximum absolute atomic E-state index is 12.6. The molecule has 6 heteroatoms. The second kappa shape index (κ2) is 4.85. The van der Waals surface area contributed by atoms with Gasteiger partial charge in [-0.2, -0.15) is 13.2 Å². The molecule has 1 aromatic carbocycles. The summed E-state index contributed by atoms with van der Waals surface area (Å²) in [5, 5.41) is 12.2. The predicted octanol–water partition coefficient (Wildman–Crippen LogP) is 2.31. The van der Waals surface area contributed by atoms with E-state index in [9.17, 15) is 23.1 Å². The van der Waals surface area contributed by atoms with E-state index in [4.69, 9.17) is 0 Å². The fraction of sp³-hybridized carbons (Fsp3) is 0.462. The van der Waals surface area contributed by atoms with Crippen LogP contribution in [0.4, 0.5) is 13.2 Å². The van der Waals surface area contributed by atoms with Crippen molar-refractivity contribution in [1.82, 2.24) is 5.32 Å². The number of carbonyl (C=O) groups is 1. The Bertz CT molecular complexity index is 479. The summed E-state index contributed by atoms with van der Waals surface area (Å²) in [6, 6.07) is 4.88. The van der Waals surface area contributed by atoms with Crippen LogP contribution in [-0.2, 0) is 17.4 Å². The SMILES string of the molecule is O=C(O)C1(Cc2cccc(C(F)(F)F)c2)CCNC1. The average molecular weight is 273 g/mol. The Hall–Kier alpha value is -1.56. The summed E-state index contributed by atoms with van der Waals surface area (Å²) in [6.45, 7) is 0.865. The Balaban J connectivity index is 2.25. The van der Waals surface area contributed by atoms with E-state index in [1.54, 1.807) is 0 Å². The third-order valence-corrected chi connectivity index (χ3v) is 3.49. The third-order valence-electron chi connectivity index (χ3n) is 3.49. The third kappa shape index (κ3) is 2.89. The van der Waals surface area contributed by atoms with Crippen LogP contribution in [0.5, 0.6) is 0 Å². The van der Waals surface area contributed by atoms with E-state index >= 15 is 0 Å². The van der Waals surface area contributed by atoms with Crippen molar-refractivity contribution in [3.8, 4) is 0 Å². The highest BCUT2D eigenvalue weighted by atomic mass is 19.4. The first-order valence-electron chi connectivity index (χ1n) is 5.94. The molecule has 0 amide bonds. The Morgan fingerprint density at radius 2 is 2.16 bits per heavy atom. The molecule has 0 spiro atoms. The van der Waals surface area contributed by atoms with Crippen LogP contribution in [0.25, 0.3) is 0 Å². The second-order valence-corrected chi connectivity index (χ2v) is 4.89. The van der Waals surface area contributed by atoms with Crippen molar-refractivity contribution in [1.29, 1.82) is 0 Å². The van der Waals surface area contributed by atoms with E-state index in [1.807, 2.05) is 0 Å². The van der Waals surface area contributed by atoms with Gasteiger partial charge in [0.2, 0.25) is 0 Å². The van der Waals surface area contributed by atoms with Gasteiger partial charge in [0.1, 0.15) is 0 Å². The van der Waals surface area contributed by atoms with Crippen LogP contribution in [0.1, 0.15) is 17.5 Å². The first-order chi connectivity index (χ1) is 8.83. The molecule has 1 unspecified atom stereocenters. The highest BCUT2D eigenvalue weighted by Gasteiger charge is 2.41. The number of carboxylic acid groups (broad SMARTS) is 1. The van der Waals surface area contributed by atoms with Gasteiger partial charge in [-0.15, -0.1) is 0 Å². The van der Waals surface area contributed by atoms with E-state index in [0.29, 0.717) is 25.1 Å². The molecule has 1 fully saturated rings. The largest absolute Gasteiger partial charge is 0.481 e. The summed E-state index contributed by atoms with van der Waals surface area (Å²) >= 11 is 0. The van der Waals surface area contributed by atoms with Gasteiger partial charge in [0.15, 0.2) is 0 Å². The zero-order chi connectivity index (χ0) is 14.1. The molecule has 1 saturated heterocycles. The van der Waals surface area contributed by atoms with E-state index in [0.717, 1.165) is 12.1 Å². The molecule has 0 saturated carbocycles. The van der Waals surface area contributed by atoms with Crippen LogP contribution in [0.3, 0.4) is 0 Å². The molecule has 104 valence electrons. The molecule has 1 heterocycles. The van der Waals surface area contributed by atoms with Gasteiger partial charge in [-0.3, -0.25) is 4.79 Å². The van der Waals surface area contributed by atoms with Crippen molar-refractivity contribution in [3.63, 3.8) is 0 Å². The summed E-state index contributed by atoms with van der Waals surface area (Å²) in [7, 11) is 0.